The van der Waals surface area contributed by atoms with Gasteiger partial charge in [-0.2, -0.15) is 15.2 Å². The molecule has 5 aliphatic rings. The molecule has 0 bridgehead atoms. The van der Waals surface area contributed by atoms with Crippen molar-refractivity contribution in [3.05, 3.63) is 58.6 Å². The van der Waals surface area contributed by atoms with Crippen molar-refractivity contribution in [1.29, 1.82) is 5.26 Å². The predicted octanol–water partition coefficient (Wildman–Crippen LogP) is 5.15. The number of rotatable bonds is 7. The number of amides is 1. The minimum Gasteiger partial charge on any atom is -0.461 e. The third kappa shape index (κ3) is 5.59. The molecule has 7 rings (SSSR count). The summed E-state index contributed by atoms with van der Waals surface area (Å²) < 4.78 is 27.2. The maximum atomic E-state index is 13.9. The first-order valence-corrected chi connectivity index (χ1v) is 16.7. The Hall–Kier alpha value is -3.55. The summed E-state index contributed by atoms with van der Waals surface area (Å²) in [5.74, 6) is -1.05. The Morgan fingerprint density at radius 2 is 1.96 bits per heavy atom. The summed E-state index contributed by atoms with van der Waals surface area (Å²) in [5, 5.41) is 9.57. The van der Waals surface area contributed by atoms with Crippen molar-refractivity contribution in [2.75, 3.05) is 44.2 Å². The topological polar surface area (TPSA) is 94.8 Å². The van der Waals surface area contributed by atoms with Crippen LogP contribution in [0.15, 0.2) is 30.6 Å². The van der Waals surface area contributed by atoms with Crippen LogP contribution in [0.1, 0.15) is 92.0 Å². The number of aromatic nitrogens is 2. The fourth-order valence-corrected chi connectivity index (χ4v) is 8.60. The molecule has 1 amide bonds. The van der Waals surface area contributed by atoms with Crippen LogP contribution >= 0.6 is 0 Å². The average molecular weight is 615 g/mol. The predicted molar refractivity (Wildman–Crippen MR) is 168 cm³/mol. The van der Waals surface area contributed by atoms with Crippen molar-refractivity contribution < 1.29 is 18.7 Å². The van der Waals surface area contributed by atoms with Crippen molar-refractivity contribution in [3.8, 4) is 12.1 Å². The van der Waals surface area contributed by atoms with Crippen LogP contribution in [-0.4, -0.2) is 76.6 Å². The van der Waals surface area contributed by atoms with Gasteiger partial charge in [0, 0.05) is 31.6 Å². The third-order valence-electron chi connectivity index (χ3n) is 10.8. The highest BCUT2D eigenvalue weighted by Crippen LogP contribution is 2.44. The molecule has 1 aliphatic carbocycles. The Kier molecular flexibility index (Phi) is 8.25. The molecule has 3 fully saturated rings. The molecule has 3 saturated heterocycles. The van der Waals surface area contributed by atoms with E-state index >= 15 is 0 Å². The number of piperazine rings is 1. The van der Waals surface area contributed by atoms with Crippen LogP contribution in [0.5, 0.6) is 6.01 Å². The summed E-state index contributed by atoms with van der Waals surface area (Å²) in [7, 11) is 0. The van der Waals surface area contributed by atoms with E-state index in [0.717, 1.165) is 55.8 Å². The minimum atomic E-state index is -1.01. The van der Waals surface area contributed by atoms with E-state index in [9.17, 15) is 14.4 Å². The number of ether oxygens (including phenoxy) is 2. The SMILES string of the molecule is C=C(F)C(=O)N1CCN(c2nc(OCC34CCCN3CCC4)nc3c2[C@@H](C)O[C@@H](c2cccc4c2CCCC4)C3)C[C@@H]1CC#N. The third-order valence-corrected chi connectivity index (χ3v) is 10.8. The molecular weight excluding hydrogens is 571 g/mol. The fraction of sp³-hybridized carbons (Fsp3) is 0.600. The molecule has 1 aromatic heterocycles. The molecule has 238 valence electrons. The Labute approximate surface area is 265 Å². The van der Waals surface area contributed by atoms with E-state index in [1.54, 1.807) is 0 Å². The van der Waals surface area contributed by atoms with Gasteiger partial charge in [-0.3, -0.25) is 9.69 Å². The van der Waals surface area contributed by atoms with Gasteiger partial charge in [0.15, 0.2) is 5.83 Å². The van der Waals surface area contributed by atoms with Crippen LogP contribution in [0.2, 0.25) is 0 Å². The van der Waals surface area contributed by atoms with Crippen molar-refractivity contribution >= 4 is 11.7 Å². The smallest absolute Gasteiger partial charge is 0.318 e. The van der Waals surface area contributed by atoms with Gasteiger partial charge < -0.3 is 19.3 Å². The zero-order valence-electron chi connectivity index (χ0n) is 26.3. The second-order valence-electron chi connectivity index (χ2n) is 13.4. The molecule has 10 heteroatoms. The maximum absolute atomic E-state index is 13.9. The number of carbonyl (C=O) groups is 1. The van der Waals surface area contributed by atoms with E-state index < -0.39 is 17.8 Å². The molecule has 1 aromatic carbocycles. The molecule has 0 saturated carbocycles. The summed E-state index contributed by atoms with van der Waals surface area (Å²) in [6.45, 7) is 9.09. The molecule has 0 N–H and O–H groups in total. The van der Waals surface area contributed by atoms with E-state index in [-0.39, 0.29) is 30.7 Å². The Balaban J connectivity index is 1.23. The van der Waals surface area contributed by atoms with Crippen LogP contribution in [-0.2, 0) is 28.8 Å². The van der Waals surface area contributed by atoms with Gasteiger partial charge in [-0.05, 0) is 88.1 Å². The van der Waals surface area contributed by atoms with E-state index in [2.05, 4.69) is 47.6 Å². The number of hydrogen-bond donors (Lipinski definition) is 0. The highest BCUT2D eigenvalue weighted by molar-refractivity contribution is 5.91. The molecule has 4 aliphatic heterocycles. The summed E-state index contributed by atoms with van der Waals surface area (Å²) in [6, 6.07) is 8.66. The lowest BCUT2D eigenvalue weighted by Crippen LogP contribution is -2.55. The molecule has 9 nitrogen and oxygen atoms in total. The van der Waals surface area contributed by atoms with E-state index in [4.69, 9.17) is 19.4 Å². The normalized spacial score (nSPS) is 25.7. The van der Waals surface area contributed by atoms with Gasteiger partial charge in [0.25, 0.3) is 5.91 Å². The Morgan fingerprint density at radius 3 is 2.73 bits per heavy atom. The number of anilines is 1. The number of benzene rings is 1. The number of halogens is 1. The summed E-state index contributed by atoms with van der Waals surface area (Å²) >= 11 is 0. The number of fused-ring (bicyclic) bond motifs is 3. The maximum Gasteiger partial charge on any atom is 0.318 e. The van der Waals surface area contributed by atoms with Crippen LogP contribution in [0, 0.1) is 11.3 Å². The average Bonchev–Trinajstić information content (AvgIpc) is 3.63. The van der Waals surface area contributed by atoms with Crippen molar-refractivity contribution in [2.24, 2.45) is 0 Å². The van der Waals surface area contributed by atoms with Crippen LogP contribution in [0.4, 0.5) is 10.2 Å². The highest BCUT2D eigenvalue weighted by Gasteiger charge is 2.45. The molecular formula is C35H43FN6O3. The highest BCUT2D eigenvalue weighted by atomic mass is 19.1. The minimum absolute atomic E-state index is 0.0557. The second-order valence-corrected chi connectivity index (χ2v) is 13.4. The van der Waals surface area contributed by atoms with Gasteiger partial charge in [-0.25, -0.2) is 4.39 Å². The fourth-order valence-electron chi connectivity index (χ4n) is 8.60. The number of carbonyl (C=O) groups excluding carboxylic acids is 1. The van der Waals surface area contributed by atoms with Crippen molar-refractivity contribution in [3.63, 3.8) is 0 Å². The first-order valence-electron chi connectivity index (χ1n) is 16.7. The van der Waals surface area contributed by atoms with Gasteiger partial charge in [0.2, 0.25) is 0 Å². The molecule has 0 radical (unpaired) electrons. The van der Waals surface area contributed by atoms with Gasteiger partial charge in [0.05, 0.1) is 42.0 Å². The summed E-state index contributed by atoms with van der Waals surface area (Å²) in [4.78, 5) is 28.8. The molecule has 45 heavy (non-hydrogen) atoms. The summed E-state index contributed by atoms with van der Waals surface area (Å²) in [5.41, 5.74) is 6.01. The van der Waals surface area contributed by atoms with Crippen LogP contribution in [0.3, 0.4) is 0 Å². The molecule has 2 aromatic rings. The zero-order valence-corrected chi connectivity index (χ0v) is 26.3. The number of hydrogen-bond acceptors (Lipinski definition) is 8. The first kappa shape index (κ1) is 30.1. The van der Waals surface area contributed by atoms with Gasteiger partial charge in [-0.15, -0.1) is 0 Å². The number of aryl methyl sites for hydroxylation is 1. The molecule has 0 spiro atoms. The van der Waals surface area contributed by atoms with Crippen LogP contribution in [0.25, 0.3) is 0 Å². The molecule has 0 unspecified atom stereocenters. The Bertz CT molecular complexity index is 1510. The van der Waals surface area contributed by atoms with Crippen molar-refractivity contribution in [1.82, 2.24) is 19.8 Å². The van der Waals surface area contributed by atoms with Gasteiger partial charge >= 0.3 is 6.01 Å². The monoisotopic (exact) mass is 614 g/mol. The largest absolute Gasteiger partial charge is 0.461 e. The van der Waals surface area contributed by atoms with E-state index in [0.29, 0.717) is 32.1 Å². The van der Waals surface area contributed by atoms with Crippen molar-refractivity contribution in [2.45, 2.75) is 94.9 Å². The Morgan fingerprint density at radius 1 is 1.16 bits per heavy atom. The lowest BCUT2D eigenvalue weighted by atomic mass is 9.84. The quantitative estimate of drug-likeness (QED) is 0.396. The number of nitriles is 1. The first-order chi connectivity index (χ1) is 21.9. The van der Waals surface area contributed by atoms with Crippen LogP contribution < -0.4 is 9.64 Å². The molecule has 5 heterocycles. The van der Waals surface area contributed by atoms with E-state index in [1.807, 2.05) is 0 Å². The summed E-state index contributed by atoms with van der Waals surface area (Å²) in [6.07, 6.45) is 9.53. The van der Waals surface area contributed by atoms with E-state index in [1.165, 1.54) is 47.3 Å². The lowest BCUT2D eigenvalue weighted by molar-refractivity contribution is -0.131. The second kappa shape index (κ2) is 12.3. The zero-order chi connectivity index (χ0) is 31.1. The van der Waals surface area contributed by atoms with Gasteiger partial charge in [-0.1, -0.05) is 24.8 Å². The molecule has 3 atom stereocenters. The van der Waals surface area contributed by atoms with Gasteiger partial charge in [0.1, 0.15) is 12.4 Å². The standard InChI is InChI=1S/C35H43FN6O3/c1-23(36)33(43)42-19-18-40(21-26(42)12-15-37)32-31-24(2)45-30(28-11-5-9-25-8-3-4-10-27(25)28)20-29(31)38-34(39-32)44-22-35-13-6-16-41(35)17-7-14-35/h5,9,11,24,26,30H,1,3-4,6-8,10,12-14,16-22H2,2H3/t24-,26+,30-/m1/s1. The lowest BCUT2D eigenvalue weighted by Gasteiger charge is -2.42. The number of nitrogens with zero attached hydrogens (tertiary/aromatic N) is 6.